The molecule has 1 heterocycles. The highest BCUT2D eigenvalue weighted by molar-refractivity contribution is 6.33. The van der Waals surface area contributed by atoms with Gasteiger partial charge in [0.2, 0.25) is 0 Å². The van der Waals surface area contributed by atoms with Crippen molar-refractivity contribution < 1.29 is 18.3 Å². The van der Waals surface area contributed by atoms with E-state index in [0.29, 0.717) is 0 Å². The van der Waals surface area contributed by atoms with E-state index >= 15 is 0 Å². The van der Waals surface area contributed by atoms with Crippen molar-refractivity contribution in [2.45, 2.75) is 13.3 Å². The first-order valence-corrected chi connectivity index (χ1v) is 4.54. The van der Waals surface area contributed by atoms with Gasteiger partial charge in [0, 0.05) is 12.4 Å². The second-order valence-electron chi connectivity index (χ2n) is 2.61. The maximum Gasteiger partial charge on any atom is 0.340 e. The van der Waals surface area contributed by atoms with Crippen molar-refractivity contribution in [1.82, 2.24) is 4.98 Å². The zero-order chi connectivity index (χ0) is 11.4. The van der Waals surface area contributed by atoms with Crippen LogP contribution in [-0.2, 0) is 4.74 Å². The molecule has 0 atom stereocenters. The van der Waals surface area contributed by atoms with Crippen LogP contribution in [0, 0.1) is 0 Å². The van der Waals surface area contributed by atoms with Gasteiger partial charge in [0.15, 0.2) is 0 Å². The van der Waals surface area contributed by atoms with Crippen LogP contribution in [0.15, 0.2) is 12.4 Å². The highest BCUT2D eigenvalue weighted by Gasteiger charge is 2.22. The van der Waals surface area contributed by atoms with Gasteiger partial charge >= 0.3 is 5.97 Å². The Balaban J connectivity index is 3.18. The molecule has 0 N–H and O–H groups in total. The average molecular weight is 236 g/mol. The molecular weight excluding hydrogens is 228 g/mol. The number of nitrogens with zero attached hydrogens (tertiary/aromatic N) is 1. The number of hydrogen-bond acceptors (Lipinski definition) is 3. The molecule has 0 saturated carbocycles. The Kier molecular flexibility index (Phi) is 3.96. The summed E-state index contributed by atoms with van der Waals surface area (Å²) in [4.78, 5) is 14.8. The van der Waals surface area contributed by atoms with Gasteiger partial charge in [0.25, 0.3) is 6.43 Å². The highest BCUT2D eigenvalue weighted by Crippen LogP contribution is 2.27. The molecule has 15 heavy (non-hydrogen) atoms. The van der Waals surface area contributed by atoms with E-state index in [-0.39, 0.29) is 17.2 Å². The highest BCUT2D eigenvalue weighted by atomic mass is 35.5. The number of ether oxygens (including phenoxy) is 1. The van der Waals surface area contributed by atoms with Gasteiger partial charge in [-0.1, -0.05) is 11.6 Å². The number of carbonyl (C=O) groups excluding carboxylic acids is 1. The summed E-state index contributed by atoms with van der Waals surface area (Å²) in [6, 6.07) is 0. The number of carbonyl (C=O) groups is 1. The summed E-state index contributed by atoms with van der Waals surface area (Å²) in [6.07, 6.45) is -0.779. The van der Waals surface area contributed by atoms with E-state index in [9.17, 15) is 13.6 Å². The van der Waals surface area contributed by atoms with E-state index in [1.165, 1.54) is 0 Å². The van der Waals surface area contributed by atoms with Crippen LogP contribution in [0.2, 0.25) is 5.02 Å². The fraction of sp³-hybridized carbons (Fsp3) is 0.333. The molecule has 0 amide bonds. The summed E-state index contributed by atoms with van der Waals surface area (Å²) in [6.45, 7) is 1.68. The van der Waals surface area contributed by atoms with Crippen LogP contribution in [0.3, 0.4) is 0 Å². The lowest BCUT2D eigenvalue weighted by molar-refractivity contribution is 0.0515. The Morgan fingerprint density at radius 2 is 2.27 bits per heavy atom. The number of aromatic nitrogens is 1. The fourth-order valence-electron chi connectivity index (χ4n) is 1.03. The lowest BCUT2D eigenvalue weighted by Crippen LogP contribution is -2.09. The van der Waals surface area contributed by atoms with Gasteiger partial charge in [-0.15, -0.1) is 0 Å². The van der Waals surface area contributed by atoms with Gasteiger partial charge in [0.1, 0.15) is 0 Å². The number of hydrogen-bond donors (Lipinski definition) is 0. The van der Waals surface area contributed by atoms with E-state index in [1.807, 2.05) is 0 Å². The van der Waals surface area contributed by atoms with Crippen LogP contribution in [0.5, 0.6) is 0 Å². The number of halogens is 3. The standard InChI is InChI=1S/C9H8ClF2NO2/c1-2-15-9(14)7-5(8(11)12)3-13-4-6(7)10/h3-4,8H,2H2,1H3. The second-order valence-corrected chi connectivity index (χ2v) is 3.01. The van der Waals surface area contributed by atoms with Crippen molar-refractivity contribution in [2.75, 3.05) is 6.61 Å². The molecule has 0 bridgehead atoms. The van der Waals surface area contributed by atoms with E-state index in [1.54, 1.807) is 6.92 Å². The summed E-state index contributed by atoms with van der Waals surface area (Å²) in [5.41, 5.74) is -0.829. The molecule has 0 aromatic carbocycles. The first-order chi connectivity index (χ1) is 7.07. The Labute approximate surface area is 90.0 Å². The Morgan fingerprint density at radius 3 is 2.80 bits per heavy atom. The minimum absolute atomic E-state index is 0.0974. The van der Waals surface area contributed by atoms with E-state index in [4.69, 9.17) is 11.6 Å². The molecule has 1 aromatic heterocycles. The second kappa shape index (κ2) is 5.02. The van der Waals surface area contributed by atoms with Crippen molar-refractivity contribution in [3.8, 4) is 0 Å². The lowest BCUT2D eigenvalue weighted by atomic mass is 10.1. The minimum atomic E-state index is -2.81. The maximum atomic E-state index is 12.5. The molecule has 0 aliphatic carbocycles. The number of rotatable bonds is 3. The van der Waals surface area contributed by atoms with Crippen molar-refractivity contribution in [2.24, 2.45) is 0 Å². The van der Waals surface area contributed by atoms with Crippen molar-refractivity contribution in [3.63, 3.8) is 0 Å². The third kappa shape index (κ3) is 2.62. The minimum Gasteiger partial charge on any atom is -0.462 e. The van der Waals surface area contributed by atoms with Crippen molar-refractivity contribution in [3.05, 3.63) is 28.5 Å². The average Bonchev–Trinajstić information content (AvgIpc) is 2.17. The molecular formula is C9H8ClF2NO2. The zero-order valence-electron chi connectivity index (χ0n) is 7.84. The monoisotopic (exact) mass is 235 g/mol. The summed E-state index contributed by atoms with van der Waals surface area (Å²) in [5, 5.41) is -0.133. The van der Waals surface area contributed by atoms with Crippen LogP contribution < -0.4 is 0 Å². The predicted molar refractivity (Wildman–Crippen MR) is 50.2 cm³/mol. The molecule has 82 valence electrons. The molecule has 6 heteroatoms. The molecule has 0 unspecified atom stereocenters. The molecule has 3 nitrogen and oxygen atoms in total. The number of alkyl halides is 2. The third-order valence-electron chi connectivity index (χ3n) is 1.64. The van der Waals surface area contributed by atoms with E-state index in [0.717, 1.165) is 12.4 Å². The molecule has 0 aliphatic rings. The predicted octanol–water partition coefficient (Wildman–Crippen LogP) is 2.85. The van der Waals surface area contributed by atoms with E-state index < -0.39 is 18.0 Å². The van der Waals surface area contributed by atoms with Gasteiger partial charge in [-0.05, 0) is 6.92 Å². The van der Waals surface area contributed by atoms with Crippen LogP contribution in [0.4, 0.5) is 8.78 Å². The summed E-state index contributed by atoms with van der Waals surface area (Å²) >= 11 is 5.61. The third-order valence-corrected chi connectivity index (χ3v) is 1.93. The molecule has 0 aliphatic heterocycles. The topological polar surface area (TPSA) is 39.2 Å². The van der Waals surface area contributed by atoms with Crippen molar-refractivity contribution in [1.29, 1.82) is 0 Å². The van der Waals surface area contributed by atoms with Gasteiger partial charge in [-0.25, -0.2) is 13.6 Å². The fourth-order valence-corrected chi connectivity index (χ4v) is 1.28. The van der Waals surface area contributed by atoms with Crippen LogP contribution in [0.1, 0.15) is 29.3 Å². The van der Waals surface area contributed by atoms with Crippen molar-refractivity contribution >= 4 is 17.6 Å². The number of esters is 1. The Bertz CT molecular complexity index is 371. The molecule has 0 spiro atoms. The maximum absolute atomic E-state index is 12.5. The summed E-state index contributed by atoms with van der Waals surface area (Å²) in [7, 11) is 0. The van der Waals surface area contributed by atoms with E-state index in [2.05, 4.69) is 9.72 Å². The normalized spacial score (nSPS) is 10.5. The Morgan fingerprint density at radius 1 is 1.60 bits per heavy atom. The largest absolute Gasteiger partial charge is 0.462 e. The lowest BCUT2D eigenvalue weighted by Gasteiger charge is -2.08. The van der Waals surface area contributed by atoms with Crippen LogP contribution in [0.25, 0.3) is 0 Å². The van der Waals surface area contributed by atoms with Crippen LogP contribution >= 0.6 is 11.6 Å². The molecule has 0 fully saturated rings. The molecule has 1 aromatic rings. The molecule has 0 radical (unpaired) electrons. The smallest absolute Gasteiger partial charge is 0.340 e. The van der Waals surface area contributed by atoms with Gasteiger partial charge in [-0.3, -0.25) is 4.98 Å². The van der Waals surface area contributed by atoms with Gasteiger partial charge in [-0.2, -0.15) is 0 Å². The summed E-state index contributed by atoms with van der Waals surface area (Å²) < 4.78 is 29.6. The quantitative estimate of drug-likeness (QED) is 0.757. The molecule has 0 saturated heterocycles. The zero-order valence-corrected chi connectivity index (χ0v) is 8.59. The SMILES string of the molecule is CCOC(=O)c1c(Cl)cncc1C(F)F. The van der Waals surface area contributed by atoms with Gasteiger partial charge < -0.3 is 4.74 Å². The Hall–Kier alpha value is -1.23. The molecule has 1 rings (SSSR count). The summed E-state index contributed by atoms with van der Waals surface area (Å²) in [5.74, 6) is -0.861. The first kappa shape index (κ1) is 11.8. The van der Waals surface area contributed by atoms with Gasteiger partial charge in [0.05, 0.1) is 22.8 Å². The van der Waals surface area contributed by atoms with Crippen LogP contribution in [-0.4, -0.2) is 17.6 Å². The first-order valence-electron chi connectivity index (χ1n) is 4.16. The number of pyridine rings is 1.